The molecular formula is C34H66O4. The number of hydrogen-bond acceptors (Lipinski definition) is 2. The molecule has 0 aromatic heterocycles. The van der Waals surface area contributed by atoms with Crippen molar-refractivity contribution < 1.29 is 19.8 Å². The zero-order valence-electron chi connectivity index (χ0n) is 26.2. The van der Waals surface area contributed by atoms with Crippen LogP contribution in [0.3, 0.4) is 0 Å². The highest BCUT2D eigenvalue weighted by Gasteiger charge is 2.42. The van der Waals surface area contributed by atoms with Crippen LogP contribution >= 0.6 is 0 Å². The SMILES string of the molecule is CCCCC(CC)CC(CC(CC)CCCC)(CC(CC)CCCCCCCCCCCC(=O)O)C(=O)O. The van der Waals surface area contributed by atoms with Crippen LogP contribution in [0.1, 0.15) is 182 Å². The van der Waals surface area contributed by atoms with Gasteiger partial charge in [-0.25, -0.2) is 0 Å². The van der Waals surface area contributed by atoms with Gasteiger partial charge in [0.1, 0.15) is 0 Å². The van der Waals surface area contributed by atoms with Gasteiger partial charge in [-0.05, 0) is 43.4 Å². The Morgan fingerprint density at radius 2 is 0.868 bits per heavy atom. The van der Waals surface area contributed by atoms with Gasteiger partial charge in [-0.15, -0.1) is 0 Å². The van der Waals surface area contributed by atoms with Crippen molar-refractivity contribution in [3.8, 4) is 0 Å². The monoisotopic (exact) mass is 538 g/mol. The lowest BCUT2D eigenvalue weighted by Crippen LogP contribution is -2.37. The molecule has 38 heavy (non-hydrogen) atoms. The molecule has 0 bridgehead atoms. The lowest BCUT2D eigenvalue weighted by molar-refractivity contribution is -0.153. The van der Waals surface area contributed by atoms with Gasteiger partial charge in [-0.1, -0.05) is 150 Å². The maximum Gasteiger partial charge on any atom is 0.309 e. The molecule has 0 aliphatic rings. The van der Waals surface area contributed by atoms with Gasteiger partial charge in [0.25, 0.3) is 0 Å². The van der Waals surface area contributed by atoms with Crippen molar-refractivity contribution in [1.29, 1.82) is 0 Å². The molecule has 4 heteroatoms. The second-order valence-corrected chi connectivity index (χ2v) is 12.4. The predicted octanol–water partition coefficient (Wildman–Crippen LogP) is 11.1. The summed E-state index contributed by atoms with van der Waals surface area (Å²) in [5.41, 5.74) is -0.565. The van der Waals surface area contributed by atoms with Crippen molar-refractivity contribution >= 4 is 11.9 Å². The molecule has 0 heterocycles. The first-order chi connectivity index (χ1) is 18.3. The third kappa shape index (κ3) is 17.5. The number of rotatable bonds is 28. The molecule has 3 unspecified atom stereocenters. The number of unbranched alkanes of at least 4 members (excludes halogenated alkanes) is 10. The molecule has 0 aliphatic heterocycles. The second kappa shape index (κ2) is 23.8. The van der Waals surface area contributed by atoms with Gasteiger partial charge in [0, 0.05) is 6.42 Å². The van der Waals surface area contributed by atoms with E-state index in [2.05, 4.69) is 34.6 Å². The van der Waals surface area contributed by atoms with Crippen molar-refractivity contribution in [2.75, 3.05) is 0 Å². The first-order valence-corrected chi connectivity index (χ1v) is 16.7. The summed E-state index contributed by atoms with van der Waals surface area (Å²) >= 11 is 0. The normalized spacial score (nSPS) is 15.6. The minimum atomic E-state index is -0.681. The molecule has 0 aliphatic carbocycles. The largest absolute Gasteiger partial charge is 0.481 e. The van der Waals surface area contributed by atoms with Gasteiger partial charge in [0.2, 0.25) is 0 Å². The zero-order valence-corrected chi connectivity index (χ0v) is 26.2. The fourth-order valence-corrected chi connectivity index (χ4v) is 6.45. The highest BCUT2D eigenvalue weighted by molar-refractivity contribution is 5.74. The van der Waals surface area contributed by atoms with Gasteiger partial charge in [-0.2, -0.15) is 0 Å². The summed E-state index contributed by atoms with van der Waals surface area (Å²) in [4.78, 5) is 23.7. The number of hydrogen-bond donors (Lipinski definition) is 2. The van der Waals surface area contributed by atoms with E-state index in [0.717, 1.165) is 64.2 Å². The average Bonchev–Trinajstić information content (AvgIpc) is 2.90. The molecular weight excluding hydrogens is 472 g/mol. The lowest BCUT2D eigenvalue weighted by Gasteiger charge is -2.38. The maximum atomic E-state index is 13.1. The Hall–Kier alpha value is -1.06. The Kier molecular flexibility index (Phi) is 23.1. The smallest absolute Gasteiger partial charge is 0.309 e. The van der Waals surface area contributed by atoms with Crippen LogP contribution in [0.15, 0.2) is 0 Å². The van der Waals surface area contributed by atoms with Gasteiger partial charge >= 0.3 is 11.9 Å². The van der Waals surface area contributed by atoms with Crippen LogP contribution in [0.4, 0.5) is 0 Å². The minimum absolute atomic E-state index is 0.303. The van der Waals surface area contributed by atoms with Crippen molar-refractivity contribution in [1.82, 2.24) is 0 Å². The van der Waals surface area contributed by atoms with Crippen LogP contribution in [0.5, 0.6) is 0 Å². The van der Waals surface area contributed by atoms with Crippen LogP contribution in [-0.4, -0.2) is 22.2 Å². The van der Waals surface area contributed by atoms with Crippen LogP contribution in [0, 0.1) is 23.2 Å². The van der Waals surface area contributed by atoms with Gasteiger partial charge in [0.15, 0.2) is 0 Å². The van der Waals surface area contributed by atoms with E-state index in [1.54, 1.807) is 0 Å². The first kappa shape index (κ1) is 36.9. The van der Waals surface area contributed by atoms with Crippen LogP contribution < -0.4 is 0 Å². The van der Waals surface area contributed by atoms with Crippen LogP contribution in [0.25, 0.3) is 0 Å². The van der Waals surface area contributed by atoms with E-state index in [4.69, 9.17) is 5.11 Å². The fraction of sp³-hybridized carbons (Fsp3) is 0.941. The molecule has 4 nitrogen and oxygen atoms in total. The van der Waals surface area contributed by atoms with E-state index >= 15 is 0 Å². The molecule has 0 rings (SSSR count). The number of aliphatic carboxylic acids is 2. The zero-order chi connectivity index (χ0) is 28.7. The maximum absolute atomic E-state index is 13.1. The molecule has 2 N–H and O–H groups in total. The van der Waals surface area contributed by atoms with E-state index in [0.29, 0.717) is 24.2 Å². The molecule has 0 aromatic rings. The van der Waals surface area contributed by atoms with Crippen LogP contribution in [-0.2, 0) is 9.59 Å². The Morgan fingerprint density at radius 1 is 0.526 bits per heavy atom. The molecule has 0 saturated carbocycles. The average molecular weight is 539 g/mol. The number of carboxylic acids is 2. The topological polar surface area (TPSA) is 74.6 Å². The van der Waals surface area contributed by atoms with E-state index in [9.17, 15) is 14.7 Å². The van der Waals surface area contributed by atoms with Gasteiger partial charge in [0.05, 0.1) is 5.41 Å². The predicted molar refractivity (Wildman–Crippen MR) is 163 cm³/mol. The third-order valence-corrected chi connectivity index (χ3v) is 9.16. The summed E-state index contributed by atoms with van der Waals surface area (Å²) in [6.07, 6.45) is 24.9. The lowest BCUT2D eigenvalue weighted by atomic mass is 9.65. The highest BCUT2D eigenvalue weighted by atomic mass is 16.4. The summed E-state index contributed by atoms with van der Waals surface area (Å²) in [7, 11) is 0. The summed E-state index contributed by atoms with van der Waals surface area (Å²) < 4.78 is 0. The van der Waals surface area contributed by atoms with E-state index in [1.807, 2.05) is 0 Å². The van der Waals surface area contributed by atoms with Crippen molar-refractivity contribution in [2.45, 2.75) is 182 Å². The Labute approximate surface area is 237 Å². The minimum Gasteiger partial charge on any atom is -0.481 e. The molecule has 0 spiro atoms. The summed E-state index contributed by atoms with van der Waals surface area (Å²) in [5, 5.41) is 19.5. The Bertz CT molecular complexity index is 555. The third-order valence-electron chi connectivity index (χ3n) is 9.16. The van der Waals surface area contributed by atoms with Crippen molar-refractivity contribution in [3.05, 3.63) is 0 Å². The van der Waals surface area contributed by atoms with Crippen molar-refractivity contribution in [3.63, 3.8) is 0 Å². The number of carboxylic acid groups (broad SMARTS) is 2. The Morgan fingerprint density at radius 3 is 1.18 bits per heavy atom. The summed E-state index contributed by atoms with van der Waals surface area (Å²) in [5.74, 6) is 0.351. The number of carbonyl (C=O) groups is 2. The van der Waals surface area contributed by atoms with Crippen molar-refractivity contribution in [2.24, 2.45) is 23.2 Å². The molecule has 3 atom stereocenters. The second-order valence-electron chi connectivity index (χ2n) is 12.4. The molecule has 0 radical (unpaired) electrons. The fourth-order valence-electron chi connectivity index (χ4n) is 6.45. The Balaban J connectivity index is 4.96. The quantitative estimate of drug-likeness (QED) is 0.0971. The molecule has 226 valence electrons. The summed E-state index contributed by atoms with van der Waals surface area (Å²) in [6.45, 7) is 11.3. The molecule has 0 amide bonds. The molecule has 0 saturated heterocycles. The molecule has 0 aromatic carbocycles. The van der Waals surface area contributed by atoms with E-state index in [1.165, 1.54) is 77.0 Å². The summed E-state index contributed by atoms with van der Waals surface area (Å²) in [6, 6.07) is 0. The van der Waals surface area contributed by atoms with Crippen LogP contribution in [0.2, 0.25) is 0 Å². The standard InChI is InChI=1S/C34H66O4/c1-6-11-22-29(8-3)26-34(33(37)38,27-30(9-4)23-12-7-2)28-31(10-5)24-20-18-16-14-13-15-17-19-21-25-32(35)36/h29-31H,6-28H2,1-5H3,(H,35,36)(H,37,38). The highest BCUT2D eigenvalue weighted by Crippen LogP contribution is 2.45. The van der Waals surface area contributed by atoms with Gasteiger partial charge in [-0.3, -0.25) is 9.59 Å². The molecule has 0 fully saturated rings. The van der Waals surface area contributed by atoms with Gasteiger partial charge < -0.3 is 10.2 Å². The van der Waals surface area contributed by atoms with E-state index < -0.39 is 17.4 Å². The van der Waals surface area contributed by atoms with E-state index in [-0.39, 0.29) is 0 Å². The first-order valence-electron chi connectivity index (χ1n) is 16.7.